The third-order valence-electron chi connectivity index (χ3n) is 11.1. The number of aromatic hydroxyl groups is 4. The molecule has 4 heterocycles. The van der Waals surface area contributed by atoms with Crippen LogP contribution in [0.5, 0.6) is 34.5 Å². The Morgan fingerprint density at radius 2 is 1.33 bits per heavy atom. The minimum atomic E-state index is -2.03. The highest BCUT2D eigenvalue weighted by atomic mass is 16.8. The number of hydrogen-bond donors (Lipinski definition) is 13. The quantitative estimate of drug-likeness (QED) is 0.0330. The van der Waals surface area contributed by atoms with Crippen molar-refractivity contribution in [2.45, 2.75) is 98.5 Å². The molecule has 25 nitrogen and oxygen atoms in total. The topological polar surface area (TPSA) is 397 Å². The normalized spacial score (nSPS) is 32.2. The molecule has 13 N–H and O–H groups in total. The molecule has 4 aliphatic heterocycles. The van der Waals surface area contributed by atoms with Gasteiger partial charge in [-0.15, -0.1) is 0 Å². The number of aliphatic hydroxyl groups excluding tert-OH is 8. The number of phenolic OH excluding ortho intramolecular Hbond substituents is 4. The minimum Gasteiger partial charge on any atom is -0.508 e. The zero-order valence-corrected chi connectivity index (χ0v) is 35.6. The third-order valence-corrected chi connectivity index (χ3v) is 11.1. The first-order valence-electron chi connectivity index (χ1n) is 20.9. The van der Waals surface area contributed by atoms with Crippen LogP contribution in [0.25, 0.3) is 12.2 Å². The van der Waals surface area contributed by atoms with Crippen LogP contribution in [-0.2, 0) is 47.5 Å². The molecular weight excluding hydrogens is 928 g/mol. The summed E-state index contributed by atoms with van der Waals surface area (Å²) in [4.78, 5) is 35.7. The number of ether oxygens (including phenoxy) is 9. The number of carboxylic acid groups (broad SMARTS) is 1. The maximum Gasteiger partial charge on any atom is 0.330 e. The average molecular weight is 977 g/mol. The lowest BCUT2D eigenvalue weighted by Crippen LogP contribution is -2.63. The predicted molar refractivity (Wildman–Crippen MR) is 222 cm³/mol. The molecule has 3 saturated heterocycles. The first-order valence-corrected chi connectivity index (χ1v) is 20.9. The Kier molecular flexibility index (Phi) is 15.8. The molecular formula is C44H48O25. The van der Waals surface area contributed by atoms with E-state index in [1.807, 2.05) is 0 Å². The van der Waals surface area contributed by atoms with Crippen molar-refractivity contribution >= 4 is 30.1 Å². The van der Waals surface area contributed by atoms with Gasteiger partial charge in [0.15, 0.2) is 30.0 Å². The maximum atomic E-state index is 12.8. The smallest absolute Gasteiger partial charge is 0.330 e. The van der Waals surface area contributed by atoms with E-state index in [4.69, 9.17) is 47.7 Å². The summed E-state index contributed by atoms with van der Waals surface area (Å²) < 4.78 is 51.6. The lowest BCUT2D eigenvalue weighted by Gasteiger charge is -2.45. The fraction of sp³-hybridized carbons (Fsp3) is 0.432. The van der Waals surface area contributed by atoms with Gasteiger partial charge in [0.1, 0.15) is 109 Å². The Balaban J connectivity index is 1.22. The molecule has 0 aromatic heterocycles. The molecule has 7 rings (SSSR count). The standard InChI is InChI=1S/C44H48O25/c45-19-5-1-17(2-6-19)3-8-31(52)61-15-29-35(56)37(58)41(69-42-38(59)33(54)24(49)14-63-42)44(68-29)66-27-12-21-25(64-40(27)18-4-7-22(47)23(48)9-18)10-20(46)11-26(21)65-43-39(60)36(57)34(55)28(67-43)16-62-32(53)13-30(50)51/h1-12,24,28-29,33-49,54-60H,13-16H2,(H,50,51). The van der Waals surface area contributed by atoms with Crippen LogP contribution in [0.2, 0.25) is 0 Å². The number of aliphatic carboxylic acids is 1. The number of carboxylic acids is 1. The summed E-state index contributed by atoms with van der Waals surface area (Å²) >= 11 is 0. The van der Waals surface area contributed by atoms with E-state index in [0.29, 0.717) is 5.56 Å². The zero-order valence-electron chi connectivity index (χ0n) is 35.6. The molecule has 3 fully saturated rings. The van der Waals surface area contributed by atoms with E-state index in [-0.39, 0.29) is 34.1 Å². The second-order valence-corrected chi connectivity index (χ2v) is 16.1. The Morgan fingerprint density at radius 1 is 0.667 bits per heavy atom. The van der Waals surface area contributed by atoms with Gasteiger partial charge in [-0.2, -0.15) is 0 Å². The van der Waals surface area contributed by atoms with Crippen molar-refractivity contribution < 1.29 is 123 Å². The molecule has 0 radical (unpaired) electrons. The highest BCUT2D eigenvalue weighted by Crippen LogP contribution is 2.47. The molecule has 0 bridgehead atoms. The molecule has 3 aromatic carbocycles. The van der Waals surface area contributed by atoms with Crippen LogP contribution in [0, 0.1) is 0 Å². The van der Waals surface area contributed by atoms with Crippen molar-refractivity contribution in [2.24, 2.45) is 0 Å². The number of hydrogen-bond acceptors (Lipinski definition) is 24. The molecule has 25 heteroatoms. The Labute approximate surface area is 388 Å². The number of benzene rings is 3. The van der Waals surface area contributed by atoms with Gasteiger partial charge in [-0.3, -0.25) is 9.59 Å². The molecule has 374 valence electrons. The minimum absolute atomic E-state index is 0.0144. The lowest BCUT2D eigenvalue weighted by molar-refractivity contribution is -0.352. The average Bonchev–Trinajstić information content (AvgIpc) is 3.31. The van der Waals surface area contributed by atoms with Gasteiger partial charge >= 0.3 is 17.9 Å². The Morgan fingerprint density at radius 3 is 2.03 bits per heavy atom. The van der Waals surface area contributed by atoms with Gasteiger partial charge in [-0.05, 0) is 42.0 Å². The number of aliphatic hydroxyl groups is 8. The molecule has 15 unspecified atom stereocenters. The summed E-state index contributed by atoms with van der Waals surface area (Å²) in [5.74, 6) is -6.27. The maximum absolute atomic E-state index is 12.8. The van der Waals surface area contributed by atoms with Crippen LogP contribution in [0.1, 0.15) is 29.2 Å². The highest BCUT2D eigenvalue weighted by Gasteiger charge is 2.52. The van der Waals surface area contributed by atoms with Crippen LogP contribution in [0.4, 0.5) is 0 Å². The van der Waals surface area contributed by atoms with E-state index >= 15 is 0 Å². The van der Waals surface area contributed by atoms with E-state index in [1.54, 1.807) is 0 Å². The summed E-state index contributed by atoms with van der Waals surface area (Å²) in [6.45, 7) is -2.09. The van der Waals surface area contributed by atoms with Crippen molar-refractivity contribution in [2.75, 3.05) is 19.8 Å². The summed E-state index contributed by atoms with van der Waals surface area (Å²) in [6.07, 6.45) is -24.8. The van der Waals surface area contributed by atoms with Gasteiger partial charge < -0.3 is 109 Å². The van der Waals surface area contributed by atoms with E-state index in [2.05, 4.69) is 0 Å². The number of rotatable bonds is 15. The van der Waals surface area contributed by atoms with Gasteiger partial charge in [-0.1, -0.05) is 18.2 Å². The van der Waals surface area contributed by atoms with Crippen molar-refractivity contribution in [1.82, 2.24) is 0 Å². The summed E-state index contributed by atoms with van der Waals surface area (Å²) in [6, 6.07) is 11.4. The van der Waals surface area contributed by atoms with E-state index in [0.717, 1.165) is 30.3 Å². The van der Waals surface area contributed by atoms with Crippen LogP contribution in [-0.4, -0.2) is 190 Å². The van der Waals surface area contributed by atoms with Crippen LogP contribution in [0.3, 0.4) is 0 Å². The highest BCUT2D eigenvalue weighted by molar-refractivity contribution is 5.90. The van der Waals surface area contributed by atoms with Crippen LogP contribution >= 0.6 is 0 Å². The number of phenols is 4. The summed E-state index contributed by atoms with van der Waals surface area (Å²) in [5.41, 5.74) is 0.447. The van der Waals surface area contributed by atoms with Crippen LogP contribution < -0.4 is 9.47 Å². The van der Waals surface area contributed by atoms with Crippen molar-refractivity contribution in [3.8, 4) is 34.5 Å². The number of esters is 2. The van der Waals surface area contributed by atoms with Gasteiger partial charge in [0.25, 0.3) is 0 Å². The molecule has 4 aliphatic rings. The number of carbonyl (C=O) groups is 3. The fourth-order valence-electron chi connectivity index (χ4n) is 7.42. The molecule has 3 aromatic rings. The van der Waals surface area contributed by atoms with Gasteiger partial charge in [-0.25, -0.2) is 4.79 Å². The Hall–Kier alpha value is -6.33. The lowest BCUT2D eigenvalue weighted by atomic mass is 9.97. The monoisotopic (exact) mass is 976 g/mol. The molecule has 0 amide bonds. The molecule has 0 saturated carbocycles. The van der Waals surface area contributed by atoms with Crippen molar-refractivity contribution in [3.63, 3.8) is 0 Å². The SMILES string of the molecule is O=C(O)CC(=O)OCC1OC(Oc2cc(O)cc3c2C=C(OC2OC(COC(=O)C=Cc4ccc(O)cc4)C(O)C(O)C2OC2OCC(O)C(O)C2O)C(c2ccc(O)c(O)c2)O3)C(O)C(O)C1O. The molecule has 15 atom stereocenters. The van der Waals surface area contributed by atoms with E-state index < -0.39 is 154 Å². The molecule has 0 aliphatic carbocycles. The van der Waals surface area contributed by atoms with E-state index in [1.165, 1.54) is 42.5 Å². The first kappa shape index (κ1) is 50.5. The third kappa shape index (κ3) is 11.8. The fourth-order valence-corrected chi connectivity index (χ4v) is 7.42. The van der Waals surface area contributed by atoms with Crippen LogP contribution in [0.15, 0.2) is 66.4 Å². The first-order chi connectivity index (χ1) is 32.8. The second kappa shape index (κ2) is 21.5. The number of fused-ring (bicyclic) bond motifs is 1. The number of carbonyl (C=O) groups excluding carboxylic acids is 2. The summed E-state index contributed by atoms with van der Waals surface area (Å²) in [7, 11) is 0. The zero-order chi connectivity index (χ0) is 49.8. The predicted octanol–water partition coefficient (Wildman–Crippen LogP) is -2.27. The largest absolute Gasteiger partial charge is 0.508 e. The van der Waals surface area contributed by atoms with Crippen molar-refractivity contribution in [3.05, 3.63) is 83.1 Å². The van der Waals surface area contributed by atoms with Crippen molar-refractivity contribution in [1.29, 1.82) is 0 Å². The molecule has 69 heavy (non-hydrogen) atoms. The van der Waals surface area contributed by atoms with Gasteiger partial charge in [0.05, 0.1) is 12.2 Å². The Bertz CT molecular complexity index is 2370. The van der Waals surface area contributed by atoms with E-state index in [9.17, 15) is 75.7 Å². The second-order valence-electron chi connectivity index (χ2n) is 16.1. The van der Waals surface area contributed by atoms with Gasteiger partial charge in [0.2, 0.25) is 12.6 Å². The van der Waals surface area contributed by atoms with Gasteiger partial charge in [0, 0.05) is 23.8 Å². The summed E-state index contributed by atoms with van der Waals surface area (Å²) in [5, 5.41) is 136. The molecule has 0 spiro atoms.